The van der Waals surface area contributed by atoms with E-state index >= 15 is 0 Å². The number of thioether (sulfide) groups is 1. The molecule has 1 heterocycles. The van der Waals surface area contributed by atoms with E-state index in [1.54, 1.807) is 16.9 Å². The number of hydrazone groups is 2. The van der Waals surface area contributed by atoms with Gasteiger partial charge in [-0.3, -0.25) is 0 Å². The summed E-state index contributed by atoms with van der Waals surface area (Å²) in [6.07, 6.45) is 0. The summed E-state index contributed by atoms with van der Waals surface area (Å²) in [5.74, 6) is 0. The fourth-order valence-corrected chi connectivity index (χ4v) is 3.60. The van der Waals surface area contributed by atoms with Crippen LogP contribution in [-0.2, 0) is 0 Å². The molecule has 0 saturated heterocycles. The lowest BCUT2D eigenvalue weighted by atomic mass is 10.2. The largest absolute Gasteiger partial charge is 0.149 e. The van der Waals surface area contributed by atoms with Gasteiger partial charge in [-0.15, -0.1) is 15.3 Å². The molecule has 0 fully saturated rings. The minimum absolute atomic E-state index is 0.922. The molecule has 0 N–H and O–H groups in total. The maximum atomic E-state index is 4.74. The number of benzene rings is 3. The molecule has 0 spiro atoms. The smallest absolute Gasteiger partial charge is 0.132 e. The van der Waals surface area contributed by atoms with Crippen molar-refractivity contribution in [2.45, 2.75) is 0 Å². The Morgan fingerprint density at radius 1 is 0.640 bits per heavy atom. The molecule has 3 aromatic carbocycles. The summed E-state index contributed by atoms with van der Waals surface area (Å²) in [6, 6.07) is 28.4. The molecule has 1 aliphatic rings. The van der Waals surface area contributed by atoms with Crippen LogP contribution in [0.1, 0.15) is 11.1 Å². The molecule has 0 unspecified atom stereocenters. The number of halogens is 1. The third-order valence-corrected chi connectivity index (χ3v) is 5.21. The zero-order valence-electron chi connectivity index (χ0n) is 13.2. The van der Waals surface area contributed by atoms with Gasteiger partial charge in [-0.25, -0.2) is 0 Å². The first-order valence-electron chi connectivity index (χ1n) is 7.81. The van der Waals surface area contributed by atoms with Gasteiger partial charge < -0.3 is 0 Å². The highest BCUT2D eigenvalue weighted by Crippen LogP contribution is 2.29. The van der Waals surface area contributed by atoms with Crippen LogP contribution in [-0.4, -0.2) is 10.1 Å². The number of rotatable bonds is 3. The van der Waals surface area contributed by atoms with Gasteiger partial charge in [-0.1, -0.05) is 76.6 Å². The lowest BCUT2D eigenvalue weighted by molar-refractivity contribution is 0.931. The Bertz CT molecular complexity index is 867. The van der Waals surface area contributed by atoms with Gasteiger partial charge in [0.2, 0.25) is 0 Å². The summed E-state index contributed by atoms with van der Waals surface area (Å²) >= 11 is 5.06. The van der Waals surface area contributed by atoms with Crippen LogP contribution in [0.5, 0.6) is 0 Å². The van der Waals surface area contributed by atoms with Crippen molar-refractivity contribution >= 4 is 43.5 Å². The molecule has 0 bridgehead atoms. The Kier molecular flexibility index (Phi) is 4.68. The molecule has 1 aliphatic heterocycles. The van der Waals surface area contributed by atoms with Gasteiger partial charge in [0.25, 0.3) is 0 Å². The van der Waals surface area contributed by atoms with Crippen molar-refractivity contribution in [2.24, 2.45) is 10.2 Å². The predicted octanol–water partition coefficient (Wildman–Crippen LogP) is 5.73. The van der Waals surface area contributed by atoms with Crippen molar-refractivity contribution in [1.82, 2.24) is 0 Å². The summed E-state index contributed by atoms with van der Waals surface area (Å²) in [5.41, 5.74) is 3.08. The van der Waals surface area contributed by atoms with Crippen LogP contribution in [0.15, 0.2) is 99.6 Å². The van der Waals surface area contributed by atoms with E-state index in [0.717, 1.165) is 31.4 Å². The number of hydrogen-bond acceptors (Lipinski definition) is 4. The van der Waals surface area contributed by atoms with Crippen LogP contribution in [0, 0.1) is 0 Å². The first kappa shape index (κ1) is 16.1. The average Bonchev–Trinajstić information content (AvgIpc) is 2.69. The van der Waals surface area contributed by atoms with E-state index in [1.165, 1.54) is 0 Å². The summed E-state index contributed by atoms with van der Waals surface area (Å²) in [6.45, 7) is 0. The van der Waals surface area contributed by atoms with Gasteiger partial charge in [0.05, 0.1) is 5.69 Å². The Labute approximate surface area is 159 Å². The summed E-state index contributed by atoms with van der Waals surface area (Å²) in [4.78, 5) is 0. The normalized spacial score (nSPS) is 14.0. The van der Waals surface area contributed by atoms with Crippen molar-refractivity contribution in [3.63, 3.8) is 0 Å². The van der Waals surface area contributed by atoms with Gasteiger partial charge in [0.1, 0.15) is 10.1 Å². The van der Waals surface area contributed by atoms with Crippen LogP contribution in [0.3, 0.4) is 0 Å². The highest BCUT2D eigenvalue weighted by atomic mass is 79.9. The Balaban J connectivity index is 1.78. The third-order valence-electron chi connectivity index (χ3n) is 3.66. The third kappa shape index (κ3) is 3.67. The van der Waals surface area contributed by atoms with Gasteiger partial charge in [-0.05, 0) is 36.0 Å². The average molecular weight is 408 g/mol. The molecule has 5 heteroatoms. The van der Waals surface area contributed by atoms with E-state index in [9.17, 15) is 0 Å². The fourth-order valence-electron chi connectivity index (χ4n) is 2.41. The Morgan fingerprint density at radius 2 is 1.12 bits per heavy atom. The van der Waals surface area contributed by atoms with Crippen LogP contribution < -0.4 is 5.12 Å². The molecule has 0 atom stereocenters. The first-order chi connectivity index (χ1) is 12.3. The predicted molar refractivity (Wildman–Crippen MR) is 110 cm³/mol. The lowest BCUT2D eigenvalue weighted by Gasteiger charge is -2.22. The van der Waals surface area contributed by atoms with E-state index < -0.39 is 0 Å². The SMILES string of the molecule is Brc1ccc(N2N=C(c3ccccc3)SC(c3ccccc3)=N2)cc1. The van der Waals surface area contributed by atoms with E-state index in [1.807, 2.05) is 60.7 Å². The van der Waals surface area contributed by atoms with Gasteiger partial charge in [0.15, 0.2) is 0 Å². The van der Waals surface area contributed by atoms with E-state index in [2.05, 4.69) is 40.2 Å². The molecule has 0 aliphatic carbocycles. The monoisotopic (exact) mass is 407 g/mol. The fraction of sp³-hybridized carbons (Fsp3) is 0. The molecule has 0 radical (unpaired) electrons. The molecule has 3 aromatic rings. The minimum Gasteiger partial charge on any atom is -0.149 e. The molecule has 122 valence electrons. The summed E-state index contributed by atoms with van der Waals surface area (Å²) in [7, 11) is 0. The molecule has 3 nitrogen and oxygen atoms in total. The topological polar surface area (TPSA) is 28.0 Å². The molecule has 0 saturated carbocycles. The Morgan fingerprint density at radius 3 is 1.60 bits per heavy atom. The van der Waals surface area contributed by atoms with Crippen molar-refractivity contribution in [3.05, 3.63) is 101 Å². The maximum Gasteiger partial charge on any atom is 0.132 e. The van der Waals surface area contributed by atoms with Crippen LogP contribution in [0.2, 0.25) is 0 Å². The number of hydrogen-bond donors (Lipinski definition) is 0. The second kappa shape index (κ2) is 7.25. The van der Waals surface area contributed by atoms with Crippen molar-refractivity contribution < 1.29 is 0 Å². The highest BCUT2D eigenvalue weighted by Gasteiger charge is 2.20. The summed E-state index contributed by atoms with van der Waals surface area (Å²) in [5, 5.41) is 13.0. The first-order valence-corrected chi connectivity index (χ1v) is 9.42. The van der Waals surface area contributed by atoms with Crippen LogP contribution in [0.4, 0.5) is 5.69 Å². The van der Waals surface area contributed by atoms with E-state index in [0.29, 0.717) is 0 Å². The van der Waals surface area contributed by atoms with Crippen LogP contribution in [0.25, 0.3) is 0 Å². The summed E-state index contributed by atoms with van der Waals surface area (Å²) < 4.78 is 1.03. The van der Waals surface area contributed by atoms with Crippen molar-refractivity contribution in [3.8, 4) is 0 Å². The van der Waals surface area contributed by atoms with Crippen LogP contribution >= 0.6 is 27.7 Å². The number of anilines is 1. The lowest BCUT2D eigenvalue weighted by Crippen LogP contribution is -2.20. The second-order valence-corrected chi connectivity index (χ2v) is 7.30. The van der Waals surface area contributed by atoms with E-state index in [4.69, 9.17) is 10.2 Å². The quantitative estimate of drug-likeness (QED) is 0.554. The highest BCUT2D eigenvalue weighted by molar-refractivity contribution is 9.10. The standard InChI is InChI=1S/C20H14BrN3S/c21-17-11-13-18(14-12-17)24-22-19(15-7-3-1-4-8-15)25-20(23-24)16-9-5-2-6-10-16/h1-14H. The number of nitrogens with zero attached hydrogens (tertiary/aromatic N) is 3. The Hall–Kier alpha value is -2.37. The zero-order valence-corrected chi connectivity index (χ0v) is 15.6. The molecular formula is C20H14BrN3S. The molecule has 0 amide bonds. The molecule has 25 heavy (non-hydrogen) atoms. The minimum atomic E-state index is 0.922. The second-order valence-electron chi connectivity index (χ2n) is 5.41. The van der Waals surface area contributed by atoms with E-state index in [-0.39, 0.29) is 0 Å². The molecule has 0 aromatic heterocycles. The van der Waals surface area contributed by atoms with Crippen molar-refractivity contribution in [1.29, 1.82) is 0 Å². The van der Waals surface area contributed by atoms with Gasteiger partial charge >= 0.3 is 0 Å². The van der Waals surface area contributed by atoms with Gasteiger partial charge in [0, 0.05) is 15.6 Å². The molecular weight excluding hydrogens is 394 g/mol. The maximum absolute atomic E-state index is 4.74. The van der Waals surface area contributed by atoms with Crippen molar-refractivity contribution in [2.75, 3.05) is 5.12 Å². The van der Waals surface area contributed by atoms with Gasteiger partial charge in [-0.2, -0.15) is 0 Å². The molecule has 4 rings (SSSR count). The zero-order chi connectivity index (χ0) is 17.1.